The highest BCUT2D eigenvalue weighted by molar-refractivity contribution is 9.10. The number of hydrogen-bond donors (Lipinski definition) is 1. The number of aliphatic hydroxyl groups excluding tert-OH is 1. The van der Waals surface area contributed by atoms with Gasteiger partial charge in [0.1, 0.15) is 28.5 Å². The van der Waals surface area contributed by atoms with Gasteiger partial charge in [-0.15, -0.1) is 0 Å². The lowest BCUT2D eigenvalue weighted by Gasteiger charge is -2.10. The molecule has 0 saturated heterocycles. The summed E-state index contributed by atoms with van der Waals surface area (Å²) in [6.07, 6.45) is 4.72. The van der Waals surface area contributed by atoms with Crippen molar-refractivity contribution in [3.05, 3.63) is 74.6 Å². The molecule has 1 heterocycles. The van der Waals surface area contributed by atoms with E-state index in [-0.39, 0.29) is 34.6 Å². The SMILES string of the molecule is O=c1c(Br)c(OCc2ccc(F)cc2F)ccn1C/C=C/CO. The summed E-state index contributed by atoms with van der Waals surface area (Å²) in [6.45, 7) is 0.0871. The zero-order chi connectivity index (χ0) is 16.8. The molecule has 0 bridgehead atoms. The molecule has 0 aliphatic heterocycles. The van der Waals surface area contributed by atoms with E-state index in [0.717, 1.165) is 12.1 Å². The van der Waals surface area contributed by atoms with Crippen LogP contribution >= 0.6 is 15.9 Å². The van der Waals surface area contributed by atoms with Crippen LogP contribution in [0, 0.1) is 11.6 Å². The highest BCUT2D eigenvalue weighted by Crippen LogP contribution is 2.22. The largest absolute Gasteiger partial charge is 0.487 e. The predicted octanol–water partition coefficient (Wildman–Crippen LogP) is 3.02. The first-order valence-electron chi connectivity index (χ1n) is 6.74. The minimum atomic E-state index is -0.705. The lowest BCUT2D eigenvalue weighted by Crippen LogP contribution is -2.20. The summed E-state index contributed by atoms with van der Waals surface area (Å²) < 4.78 is 33.4. The molecule has 0 aliphatic carbocycles. The summed E-state index contributed by atoms with van der Waals surface area (Å²) in [6, 6.07) is 4.78. The summed E-state index contributed by atoms with van der Waals surface area (Å²) in [5, 5.41) is 8.67. The Bertz CT molecular complexity index is 774. The van der Waals surface area contributed by atoms with Crippen molar-refractivity contribution in [2.75, 3.05) is 6.61 Å². The van der Waals surface area contributed by atoms with Crippen LogP contribution in [0.1, 0.15) is 5.56 Å². The molecule has 2 rings (SSSR count). The van der Waals surface area contributed by atoms with Gasteiger partial charge in [-0.2, -0.15) is 0 Å². The van der Waals surface area contributed by atoms with E-state index in [4.69, 9.17) is 9.84 Å². The number of ether oxygens (including phenoxy) is 1. The molecule has 23 heavy (non-hydrogen) atoms. The summed E-state index contributed by atoms with van der Waals surface area (Å²) in [7, 11) is 0. The van der Waals surface area contributed by atoms with E-state index in [1.54, 1.807) is 12.1 Å². The number of rotatable bonds is 6. The van der Waals surface area contributed by atoms with Crippen molar-refractivity contribution in [2.45, 2.75) is 13.2 Å². The molecular weight excluding hydrogens is 372 g/mol. The van der Waals surface area contributed by atoms with Gasteiger partial charge in [-0.05, 0) is 34.1 Å². The second-order valence-electron chi connectivity index (χ2n) is 4.63. The molecule has 0 spiro atoms. The molecule has 0 amide bonds. The van der Waals surface area contributed by atoms with Crippen molar-refractivity contribution in [1.82, 2.24) is 4.57 Å². The van der Waals surface area contributed by atoms with E-state index in [1.165, 1.54) is 22.9 Å². The maximum atomic E-state index is 13.5. The zero-order valence-electron chi connectivity index (χ0n) is 12.0. The third-order valence-corrected chi connectivity index (χ3v) is 3.77. The monoisotopic (exact) mass is 385 g/mol. The molecule has 1 aromatic carbocycles. The fraction of sp³-hybridized carbons (Fsp3) is 0.188. The first-order chi connectivity index (χ1) is 11.0. The van der Waals surface area contributed by atoms with E-state index in [2.05, 4.69) is 15.9 Å². The van der Waals surface area contributed by atoms with E-state index in [1.807, 2.05) is 0 Å². The molecule has 0 atom stereocenters. The Balaban J connectivity index is 2.13. The number of hydrogen-bond acceptors (Lipinski definition) is 3. The Morgan fingerprint density at radius 1 is 1.26 bits per heavy atom. The Morgan fingerprint density at radius 2 is 2.04 bits per heavy atom. The molecular formula is C16H14BrF2NO3. The highest BCUT2D eigenvalue weighted by atomic mass is 79.9. The van der Waals surface area contributed by atoms with E-state index >= 15 is 0 Å². The molecule has 7 heteroatoms. The van der Waals surface area contributed by atoms with Gasteiger partial charge >= 0.3 is 0 Å². The summed E-state index contributed by atoms with van der Waals surface area (Å²) >= 11 is 3.16. The summed E-state index contributed by atoms with van der Waals surface area (Å²) in [5.41, 5.74) is -0.127. The minimum absolute atomic E-state index is 0.0969. The van der Waals surface area contributed by atoms with Gasteiger partial charge in [0.05, 0.1) is 6.61 Å². The lowest BCUT2D eigenvalue weighted by atomic mass is 10.2. The average Bonchev–Trinajstić information content (AvgIpc) is 2.52. The number of aliphatic hydroxyl groups is 1. The van der Waals surface area contributed by atoms with Crippen molar-refractivity contribution < 1.29 is 18.6 Å². The molecule has 0 unspecified atom stereocenters. The van der Waals surface area contributed by atoms with Gasteiger partial charge in [-0.25, -0.2) is 8.78 Å². The molecule has 4 nitrogen and oxygen atoms in total. The van der Waals surface area contributed by atoms with Crippen LogP contribution in [0.2, 0.25) is 0 Å². The molecule has 0 fully saturated rings. The molecule has 2 aromatic rings. The van der Waals surface area contributed by atoms with Crippen molar-refractivity contribution in [2.24, 2.45) is 0 Å². The molecule has 0 saturated carbocycles. The van der Waals surface area contributed by atoms with Gasteiger partial charge in [0.2, 0.25) is 0 Å². The van der Waals surface area contributed by atoms with Crippen molar-refractivity contribution >= 4 is 15.9 Å². The van der Waals surface area contributed by atoms with Crippen molar-refractivity contribution in [3.8, 4) is 5.75 Å². The Morgan fingerprint density at radius 3 is 2.74 bits per heavy atom. The number of allylic oxidation sites excluding steroid dienone is 1. The average molecular weight is 386 g/mol. The standard InChI is InChI=1S/C16H14BrF2NO3/c17-15-14(5-7-20(16(15)22)6-1-2-8-21)23-10-11-3-4-12(18)9-13(11)19/h1-5,7,9,21H,6,8,10H2/b2-1+. The van der Waals surface area contributed by atoms with E-state index in [9.17, 15) is 13.6 Å². The third kappa shape index (κ3) is 4.49. The van der Waals surface area contributed by atoms with Crippen LogP contribution in [-0.2, 0) is 13.2 Å². The van der Waals surface area contributed by atoms with Crippen molar-refractivity contribution in [3.63, 3.8) is 0 Å². The maximum absolute atomic E-state index is 13.5. The van der Waals surface area contributed by atoms with Gasteiger partial charge in [-0.1, -0.05) is 12.2 Å². The van der Waals surface area contributed by atoms with Crippen LogP contribution in [0.5, 0.6) is 5.75 Å². The van der Waals surface area contributed by atoms with Gasteiger partial charge in [0.15, 0.2) is 0 Å². The quantitative estimate of drug-likeness (QED) is 0.777. The Hall–Kier alpha value is -1.99. The minimum Gasteiger partial charge on any atom is -0.487 e. The second-order valence-corrected chi connectivity index (χ2v) is 5.42. The van der Waals surface area contributed by atoms with Gasteiger partial charge in [-0.3, -0.25) is 4.79 Å². The Labute approximate surface area is 139 Å². The topological polar surface area (TPSA) is 51.5 Å². The number of aromatic nitrogens is 1. The number of benzene rings is 1. The van der Waals surface area contributed by atoms with Crippen LogP contribution in [0.4, 0.5) is 8.78 Å². The zero-order valence-corrected chi connectivity index (χ0v) is 13.6. The van der Waals surface area contributed by atoms with Crippen LogP contribution in [0.25, 0.3) is 0 Å². The molecule has 0 radical (unpaired) electrons. The fourth-order valence-corrected chi connectivity index (χ4v) is 2.32. The maximum Gasteiger partial charge on any atom is 0.268 e. The lowest BCUT2D eigenvalue weighted by molar-refractivity contribution is 0.296. The predicted molar refractivity (Wildman–Crippen MR) is 85.3 cm³/mol. The van der Waals surface area contributed by atoms with E-state index in [0.29, 0.717) is 6.54 Å². The Kier molecular flexibility index (Phi) is 6.06. The molecule has 1 aromatic heterocycles. The summed E-state index contributed by atoms with van der Waals surface area (Å²) in [5.74, 6) is -1.10. The van der Waals surface area contributed by atoms with Crippen LogP contribution in [-0.4, -0.2) is 16.3 Å². The van der Waals surface area contributed by atoms with E-state index < -0.39 is 11.6 Å². The molecule has 122 valence electrons. The van der Waals surface area contributed by atoms with Crippen LogP contribution < -0.4 is 10.3 Å². The molecule has 0 aliphatic rings. The smallest absolute Gasteiger partial charge is 0.268 e. The van der Waals surface area contributed by atoms with Gasteiger partial charge < -0.3 is 14.4 Å². The van der Waals surface area contributed by atoms with Crippen molar-refractivity contribution in [1.29, 1.82) is 0 Å². The normalized spacial score (nSPS) is 11.1. The second kappa shape index (κ2) is 8.03. The number of halogens is 3. The fourth-order valence-electron chi connectivity index (χ4n) is 1.84. The first kappa shape index (κ1) is 17.4. The third-order valence-electron chi connectivity index (χ3n) is 3.04. The van der Waals surface area contributed by atoms with Gasteiger partial charge in [0, 0.05) is 24.4 Å². The highest BCUT2D eigenvalue weighted by Gasteiger charge is 2.10. The summed E-state index contributed by atoms with van der Waals surface area (Å²) in [4.78, 5) is 12.1. The first-order valence-corrected chi connectivity index (χ1v) is 7.53. The van der Waals surface area contributed by atoms with Gasteiger partial charge in [0.25, 0.3) is 5.56 Å². The van der Waals surface area contributed by atoms with Crippen LogP contribution in [0.15, 0.2) is 51.9 Å². The number of nitrogens with zero attached hydrogens (tertiary/aromatic N) is 1. The molecule has 1 N–H and O–H groups in total. The number of pyridine rings is 1. The van der Waals surface area contributed by atoms with Crippen LogP contribution in [0.3, 0.4) is 0 Å².